The summed E-state index contributed by atoms with van der Waals surface area (Å²) < 4.78 is 11.5. The molecule has 27 heavy (non-hydrogen) atoms. The first kappa shape index (κ1) is 17.6. The van der Waals surface area contributed by atoms with E-state index in [4.69, 9.17) is 32.7 Å². The van der Waals surface area contributed by atoms with E-state index in [1.54, 1.807) is 60.9 Å². The van der Waals surface area contributed by atoms with Crippen molar-refractivity contribution < 1.29 is 14.3 Å². The summed E-state index contributed by atoms with van der Waals surface area (Å²) in [4.78, 5) is 16.4. The van der Waals surface area contributed by atoms with Crippen molar-refractivity contribution in [1.82, 2.24) is 4.98 Å². The lowest BCUT2D eigenvalue weighted by molar-refractivity contribution is 0.101. The van der Waals surface area contributed by atoms with Gasteiger partial charge in [0.05, 0.1) is 5.56 Å². The van der Waals surface area contributed by atoms with Crippen LogP contribution >= 0.6 is 23.2 Å². The van der Waals surface area contributed by atoms with Gasteiger partial charge in [0, 0.05) is 34.1 Å². The molecule has 3 aromatic rings. The Balaban J connectivity index is 1.51. The highest BCUT2D eigenvalue weighted by atomic mass is 35.5. The molecule has 134 valence electrons. The van der Waals surface area contributed by atoms with Crippen LogP contribution in [0, 0.1) is 0 Å². The lowest BCUT2D eigenvalue weighted by atomic mass is 10.1. The van der Waals surface area contributed by atoms with E-state index in [0.29, 0.717) is 27.1 Å². The molecule has 0 radical (unpaired) electrons. The number of ether oxygens (including phenoxy) is 2. The molecular formula is C21H13Cl2NO3. The minimum atomic E-state index is -0.158. The Kier molecular flexibility index (Phi) is 4.84. The third-order valence-electron chi connectivity index (χ3n) is 4.05. The Bertz CT molecular complexity index is 1050. The summed E-state index contributed by atoms with van der Waals surface area (Å²) in [7, 11) is 0. The van der Waals surface area contributed by atoms with E-state index in [2.05, 4.69) is 4.98 Å². The first-order valence-corrected chi connectivity index (χ1v) is 8.91. The average molecular weight is 398 g/mol. The monoisotopic (exact) mass is 397 g/mol. The summed E-state index contributed by atoms with van der Waals surface area (Å²) in [6.45, 7) is 0.280. The van der Waals surface area contributed by atoms with Crippen LogP contribution in [0.1, 0.15) is 21.5 Å². The van der Waals surface area contributed by atoms with Crippen molar-refractivity contribution in [3.8, 4) is 11.5 Å². The number of rotatable bonds is 4. The molecule has 0 N–H and O–H groups in total. The van der Waals surface area contributed by atoms with E-state index < -0.39 is 0 Å². The molecule has 0 spiro atoms. The summed E-state index contributed by atoms with van der Waals surface area (Å²) in [5.41, 5.74) is 2.17. The van der Waals surface area contributed by atoms with E-state index in [1.165, 1.54) is 0 Å². The summed E-state index contributed by atoms with van der Waals surface area (Å²) >= 11 is 12.1. The lowest BCUT2D eigenvalue weighted by Gasteiger charge is -2.09. The second-order valence-electron chi connectivity index (χ2n) is 5.90. The number of nitrogens with zero attached hydrogens (tertiary/aromatic N) is 1. The number of hydrogen-bond acceptors (Lipinski definition) is 4. The second kappa shape index (κ2) is 7.43. The molecule has 2 heterocycles. The maximum atomic E-state index is 12.5. The van der Waals surface area contributed by atoms with Gasteiger partial charge in [0.25, 0.3) is 0 Å². The molecular weight excluding hydrogens is 385 g/mol. The molecule has 4 rings (SSSR count). The number of pyridine rings is 1. The van der Waals surface area contributed by atoms with Gasteiger partial charge >= 0.3 is 0 Å². The van der Waals surface area contributed by atoms with Gasteiger partial charge in [-0.15, -0.1) is 0 Å². The van der Waals surface area contributed by atoms with Crippen LogP contribution < -0.4 is 9.47 Å². The van der Waals surface area contributed by atoms with E-state index in [9.17, 15) is 4.79 Å². The fraction of sp³-hybridized carbons (Fsp3) is 0.0476. The zero-order valence-electron chi connectivity index (χ0n) is 14.0. The number of carbonyl (C=O) groups excluding carboxylic acids is 1. The highest BCUT2D eigenvalue weighted by Gasteiger charge is 2.27. The van der Waals surface area contributed by atoms with Crippen LogP contribution in [0.3, 0.4) is 0 Å². The van der Waals surface area contributed by atoms with Gasteiger partial charge in [-0.25, -0.2) is 0 Å². The number of halogens is 2. The Hall–Kier alpha value is -2.82. The number of benzene rings is 2. The Morgan fingerprint density at radius 2 is 1.85 bits per heavy atom. The lowest BCUT2D eigenvalue weighted by Crippen LogP contribution is -1.98. The van der Waals surface area contributed by atoms with Crippen LogP contribution in [-0.2, 0) is 6.61 Å². The third kappa shape index (κ3) is 3.82. The van der Waals surface area contributed by atoms with E-state index in [-0.39, 0.29) is 18.1 Å². The Morgan fingerprint density at radius 1 is 1.04 bits per heavy atom. The minimum Gasteiger partial charge on any atom is -0.489 e. The predicted molar refractivity (Wildman–Crippen MR) is 104 cm³/mol. The topological polar surface area (TPSA) is 48.4 Å². The smallest absolute Gasteiger partial charge is 0.231 e. The molecule has 6 heteroatoms. The molecule has 0 saturated carbocycles. The molecule has 0 saturated heterocycles. The Labute approximate surface area is 166 Å². The van der Waals surface area contributed by atoms with Gasteiger partial charge in [0.15, 0.2) is 5.76 Å². The number of ketones is 1. The summed E-state index contributed by atoms with van der Waals surface area (Å²) in [5.74, 6) is 1.17. The van der Waals surface area contributed by atoms with Gasteiger partial charge < -0.3 is 9.47 Å². The molecule has 0 fully saturated rings. The maximum absolute atomic E-state index is 12.5. The van der Waals surface area contributed by atoms with E-state index in [0.717, 1.165) is 11.1 Å². The standard InChI is InChI=1S/C21H13Cl2NO3/c22-15-2-1-14(18(23)10-15)12-26-16-3-4-17-19(11-16)27-20(21(17)25)9-13-5-7-24-8-6-13/h1-11H,12H2/b20-9-. The van der Waals surface area contributed by atoms with E-state index >= 15 is 0 Å². The normalized spacial score (nSPS) is 14.1. The van der Waals surface area contributed by atoms with Crippen molar-refractivity contribution in [2.75, 3.05) is 0 Å². The summed E-state index contributed by atoms with van der Waals surface area (Å²) in [6, 6.07) is 14.0. The molecule has 1 aliphatic rings. The molecule has 0 bridgehead atoms. The van der Waals surface area contributed by atoms with Crippen LogP contribution in [0.25, 0.3) is 6.08 Å². The number of hydrogen-bond donors (Lipinski definition) is 0. The van der Waals surface area contributed by atoms with Crippen molar-refractivity contribution in [1.29, 1.82) is 0 Å². The Morgan fingerprint density at radius 3 is 2.63 bits per heavy atom. The number of allylic oxidation sites excluding steroid dienone is 1. The van der Waals surface area contributed by atoms with Crippen LogP contribution in [0.2, 0.25) is 10.0 Å². The van der Waals surface area contributed by atoms with Gasteiger partial charge in [-0.2, -0.15) is 0 Å². The molecule has 2 aromatic carbocycles. The molecule has 0 amide bonds. The van der Waals surface area contributed by atoms with Gasteiger partial charge in [0.1, 0.15) is 18.1 Å². The zero-order chi connectivity index (χ0) is 18.8. The van der Waals surface area contributed by atoms with Crippen LogP contribution in [0.4, 0.5) is 0 Å². The summed E-state index contributed by atoms with van der Waals surface area (Å²) in [5, 5.41) is 1.11. The zero-order valence-corrected chi connectivity index (χ0v) is 15.5. The fourth-order valence-electron chi connectivity index (χ4n) is 2.67. The molecule has 0 unspecified atom stereocenters. The SMILES string of the molecule is O=C1/C(=C/c2ccncc2)Oc2cc(OCc3ccc(Cl)cc3Cl)ccc21. The van der Waals surface area contributed by atoms with E-state index in [1.807, 2.05) is 6.07 Å². The molecule has 0 aliphatic carbocycles. The fourth-order valence-corrected chi connectivity index (χ4v) is 3.13. The quantitative estimate of drug-likeness (QED) is 0.538. The molecule has 1 aliphatic heterocycles. The van der Waals surface area contributed by atoms with Gasteiger partial charge in [-0.1, -0.05) is 29.3 Å². The number of Topliss-reactive ketones (excluding diaryl/α,β-unsaturated/α-hetero) is 1. The maximum Gasteiger partial charge on any atom is 0.231 e. The van der Waals surface area contributed by atoms with Gasteiger partial charge in [-0.05, 0) is 48.0 Å². The predicted octanol–water partition coefficient (Wildman–Crippen LogP) is 5.58. The van der Waals surface area contributed by atoms with Crippen molar-refractivity contribution in [3.05, 3.63) is 93.4 Å². The van der Waals surface area contributed by atoms with Crippen molar-refractivity contribution in [2.45, 2.75) is 6.61 Å². The largest absolute Gasteiger partial charge is 0.489 e. The van der Waals surface area contributed by atoms with Crippen LogP contribution in [-0.4, -0.2) is 10.8 Å². The molecule has 4 nitrogen and oxygen atoms in total. The number of carbonyl (C=O) groups is 1. The number of fused-ring (bicyclic) bond motifs is 1. The summed E-state index contributed by atoms with van der Waals surface area (Å²) in [6.07, 6.45) is 5.01. The first-order valence-electron chi connectivity index (χ1n) is 8.15. The van der Waals surface area contributed by atoms with Gasteiger partial charge in [0.2, 0.25) is 5.78 Å². The van der Waals surface area contributed by atoms with Crippen molar-refractivity contribution in [3.63, 3.8) is 0 Å². The third-order valence-corrected chi connectivity index (χ3v) is 4.64. The van der Waals surface area contributed by atoms with Gasteiger partial charge in [-0.3, -0.25) is 9.78 Å². The molecule has 1 aromatic heterocycles. The highest BCUT2D eigenvalue weighted by molar-refractivity contribution is 6.35. The van der Waals surface area contributed by atoms with Crippen molar-refractivity contribution >= 4 is 35.1 Å². The van der Waals surface area contributed by atoms with Crippen LogP contribution in [0.5, 0.6) is 11.5 Å². The highest BCUT2D eigenvalue weighted by Crippen LogP contribution is 2.35. The molecule has 0 atom stereocenters. The van der Waals surface area contributed by atoms with Crippen LogP contribution in [0.15, 0.2) is 66.7 Å². The van der Waals surface area contributed by atoms with Crippen molar-refractivity contribution in [2.24, 2.45) is 0 Å². The minimum absolute atomic E-state index is 0.158. The average Bonchev–Trinajstić information content (AvgIpc) is 2.97. The number of aromatic nitrogens is 1. The first-order chi connectivity index (χ1) is 13.1. The second-order valence-corrected chi connectivity index (χ2v) is 6.75.